The van der Waals surface area contributed by atoms with Crippen molar-refractivity contribution in [3.05, 3.63) is 36.8 Å². The second-order valence-corrected chi connectivity index (χ2v) is 4.62. The highest BCUT2D eigenvalue weighted by molar-refractivity contribution is 5.94. The number of rotatable bonds is 3. The smallest absolute Gasteiger partial charge is 0.231 e. The summed E-state index contributed by atoms with van der Waals surface area (Å²) in [5.74, 6) is 0.0791. The van der Waals surface area contributed by atoms with E-state index in [4.69, 9.17) is 10.5 Å². The van der Waals surface area contributed by atoms with E-state index in [1.165, 1.54) is 0 Å². The van der Waals surface area contributed by atoms with E-state index < -0.39 is 0 Å². The summed E-state index contributed by atoms with van der Waals surface area (Å²) in [6, 6.07) is 5.07. The van der Waals surface area contributed by atoms with Crippen LogP contribution in [0.1, 0.15) is 0 Å². The molecule has 3 N–H and O–H groups in total. The van der Waals surface area contributed by atoms with Crippen molar-refractivity contribution in [2.75, 3.05) is 18.5 Å². The van der Waals surface area contributed by atoms with Crippen LogP contribution in [-0.4, -0.2) is 39.9 Å². The van der Waals surface area contributed by atoms with E-state index in [-0.39, 0.29) is 17.9 Å². The normalized spacial score (nSPS) is 21.9. The number of nitrogens with one attached hydrogen (secondary N) is 1. The van der Waals surface area contributed by atoms with E-state index >= 15 is 0 Å². The number of hydrogen-bond acceptors (Lipinski definition) is 5. The maximum atomic E-state index is 12.2. The lowest BCUT2D eigenvalue weighted by Crippen LogP contribution is -2.37. The van der Waals surface area contributed by atoms with Gasteiger partial charge in [-0.05, 0) is 18.2 Å². The Hall–Kier alpha value is -2.25. The summed E-state index contributed by atoms with van der Waals surface area (Å²) in [7, 11) is 0. The maximum absolute atomic E-state index is 12.2. The van der Waals surface area contributed by atoms with Gasteiger partial charge in [-0.1, -0.05) is 0 Å². The first-order valence-corrected chi connectivity index (χ1v) is 6.35. The van der Waals surface area contributed by atoms with E-state index in [9.17, 15) is 4.79 Å². The van der Waals surface area contributed by atoms with E-state index in [2.05, 4.69) is 15.4 Å². The van der Waals surface area contributed by atoms with Crippen LogP contribution < -0.4 is 11.1 Å². The zero-order valence-electron chi connectivity index (χ0n) is 10.8. The van der Waals surface area contributed by atoms with Crippen LogP contribution in [0.25, 0.3) is 5.82 Å². The predicted molar refractivity (Wildman–Crippen MR) is 72.3 cm³/mol. The summed E-state index contributed by atoms with van der Waals surface area (Å²) in [5, 5.41) is 6.97. The molecule has 2 unspecified atom stereocenters. The Labute approximate surface area is 115 Å². The fourth-order valence-electron chi connectivity index (χ4n) is 2.14. The highest BCUT2D eigenvalue weighted by Gasteiger charge is 2.31. The van der Waals surface area contributed by atoms with Crippen molar-refractivity contribution in [3.63, 3.8) is 0 Å². The molecule has 2 aromatic heterocycles. The molecule has 0 bridgehead atoms. The van der Waals surface area contributed by atoms with Crippen molar-refractivity contribution in [2.24, 2.45) is 11.7 Å². The van der Waals surface area contributed by atoms with Gasteiger partial charge in [-0.3, -0.25) is 4.79 Å². The van der Waals surface area contributed by atoms with E-state index in [1.54, 1.807) is 41.5 Å². The van der Waals surface area contributed by atoms with Gasteiger partial charge >= 0.3 is 0 Å². The number of ether oxygens (including phenoxy) is 1. The summed E-state index contributed by atoms with van der Waals surface area (Å²) in [6.45, 7) is 0.765. The Morgan fingerprint density at radius 2 is 2.30 bits per heavy atom. The van der Waals surface area contributed by atoms with Gasteiger partial charge in [0.2, 0.25) is 5.91 Å². The van der Waals surface area contributed by atoms with E-state index in [0.717, 1.165) is 0 Å². The second-order valence-electron chi connectivity index (χ2n) is 4.62. The van der Waals surface area contributed by atoms with Gasteiger partial charge in [0.05, 0.1) is 24.8 Å². The molecule has 2 aromatic rings. The molecular weight excluding hydrogens is 258 g/mol. The van der Waals surface area contributed by atoms with Crippen molar-refractivity contribution in [1.29, 1.82) is 0 Å². The fourth-order valence-corrected chi connectivity index (χ4v) is 2.14. The lowest BCUT2D eigenvalue weighted by molar-refractivity contribution is -0.120. The third-order valence-electron chi connectivity index (χ3n) is 3.23. The SMILES string of the molecule is NC1COCC1C(=O)Nc1cccnc1-n1cccn1. The molecule has 1 aliphatic heterocycles. The van der Waals surface area contributed by atoms with Gasteiger partial charge in [-0.15, -0.1) is 0 Å². The quantitative estimate of drug-likeness (QED) is 0.831. The van der Waals surface area contributed by atoms with Crippen LogP contribution in [0.15, 0.2) is 36.8 Å². The molecule has 1 saturated heterocycles. The number of carbonyl (C=O) groups excluding carboxylic acids is 1. The molecule has 20 heavy (non-hydrogen) atoms. The molecule has 0 saturated carbocycles. The molecule has 1 aliphatic rings. The first kappa shape index (κ1) is 12.8. The molecule has 7 heteroatoms. The average Bonchev–Trinajstić information content (AvgIpc) is 3.10. The monoisotopic (exact) mass is 273 g/mol. The zero-order chi connectivity index (χ0) is 13.9. The highest BCUT2D eigenvalue weighted by atomic mass is 16.5. The molecule has 3 heterocycles. The number of amides is 1. The zero-order valence-corrected chi connectivity index (χ0v) is 10.8. The van der Waals surface area contributed by atoms with Crippen LogP contribution in [-0.2, 0) is 9.53 Å². The van der Waals surface area contributed by atoms with Gasteiger partial charge in [0, 0.05) is 24.6 Å². The predicted octanol–water partition coefficient (Wildman–Crippen LogP) is 0.179. The van der Waals surface area contributed by atoms with Crippen molar-refractivity contribution < 1.29 is 9.53 Å². The first-order chi connectivity index (χ1) is 9.75. The molecule has 0 aliphatic carbocycles. The number of anilines is 1. The van der Waals surface area contributed by atoms with Crippen LogP contribution >= 0.6 is 0 Å². The second kappa shape index (κ2) is 5.40. The number of nitrogens with zero attached hydrogens (tertiary/aromatic N) is 3. The molecule has 0 radical (unpaired) electrons. The average molecular weight is 273 g/mol. The van der Waals surface area contributed by atoms with Gasteiger partial charge in [0.15, 0.2) is 5.82 Å². The molecule has 3 rings (SSSR count). The van der Waals surface area contributed by atoms with Gasteiger partial charge < -0.3 is 15.8 Å². The van der Waals surface area contributed by atoms with Gasteiger partial charge in [0.1, 0.15) is 0 Å². The standard InChI is InChI=1S/C13H15N5O2/c14-10-8-20-7-9(10)13(19)17-11-3-1-4-15-12(11)18-6-2-5-16-18/h1-6,9-10H,7-8,14H2,(H,17,19). The van der Waals surface area contributed by atoms with Crippen molar-refractivity contribution in [2.45, 2.75) is 6.04 Å². The third-order valence-corrected chi connectivity index (χ3v) is 3.23. The minimum atomic E-state index is -0.333. The van der Waals surface area contributed by atoms with Crippen molar-refractivity contribution >= 4 is 11.6 Å². The Balaban J connectivity index is 1.83. The molecule has 2 atom stereocenters. The fraction of sp³-hybridized carbons (Fsp3) is 0.308. The minimum absolute atomic E-state index is 0.156. The Morgan fingerprint density at radius 3 is 3.00 bits per heavy atom. The number of carbonyl (C=O) groups is 1. The number of hydrogen-bond donors (Lipinski definition) is 2. The van der Waals surface area contributed by atoms with Gasteiger partial charge in [0.25, 0.3) is 0 Å². The largest absolute Gasteiger partial charge is 0.379 e. The third kappa shape index (κ3) is 2.40. The molecular formula is C13H15N5O2. The van der Waals surface area contributed by atoms with Crippen LogP contribution in [0, 0.1) is 5.92 Å². The molecule has 1 amide bonds. The summed E-state index contributed by atoms with van der Waals surface area (Å²) >= 11 is 0. The number of nitrogens with two attached hydrogens (primary N) is 1. The topological polar surface area (TPSA) is 95.1 Å². The molecule has 1 fully saturated rings. The van der Waals surface area contributed by atoms with Crippen LogP contribution in [0.2, 0.25) is 0 Å². The first-order valence-electron chi connectivity index (χ1n) is 6.35. The van der Waals surface area contributed by atoms with Crippen LogP contribution in [0.3, 0.4) is 0 Å². The van der Waals surface area contributed by atoms with Gasteiger partial charge in [-0.2, -0.15) is 5.10 Å². The molecule has 0 spiro atoms. The lowest BCUT2D eigenvalue weighted by atomic mass is 10.0. The molecule has 0 aromatic carbocycles. The molecule has 104 valence electrons. The Morgan fingerprint density at radius 1 is 1.40 bits per heavy atom. The van der Waals surface area contributed by atoms with Crippen LogP contribution in [0.4, 0.5) is 5.69 Å². The molecule has 7 nitrogen and oxygen atoms in total. The van der Waals surface area contributed by atoms with E-state index in [0.29, 0.717) is 24.7 Å². The van der Waals surface area contributed by atoms with Crippen molar-refractivity contribution in [1.82, 2.24) is 14.8 Å². The summed E-state index contributed by atoms with van der Waals surface area (Å²) < 4.78 is 6.81. The highest BCUT2D eigenvalue weighted by Crippen LogP contribution is 2.19. The Kier molecular flexibility index (Phi) is 3.44. The van der Waals surface area contributed by atoms with Crippen molar-refractivity contribution in [3.8, 4) is 5.82 Å². The lowest BCUT2D eigenvalue weighted by Gasteiger charge is -2.15. The van der Waals surface area contributed by atoms with Gasteiger partial charge in [-0.25, -0.2) is 9.67 Å². The Bertz CT molecular complexity index is 599. The van der Waals surface area contributed by atoms with Crippen LogP contribution in [0.5, 0.6) is 0 Å². The summed E-state index contributed by atoms with van der Waals surface area (Å²) in [5.41, 5.74) is 6.44. The minimum Gasteiger partial charge on any atom is -0.379 e. The summed E-state index contributed by atoms with van der Waals surface area (Å²) in [4.78, 5) is 16.5. The number of aromatic nitrogens is 3. The van der Waals surface area contributed by atoms with E-state index in [1.807, 2.05) is 0 Å². The maximum Gasteiger partial charge on any atom is 0.231 e. The summed E-state index contributed by atoms with van der Waals surface area (Å²) in [6.07, 6.45) is 5.07. The number of pyridine rings is 1.